The number of hydrogen-bond acceptors (Lipinski definition) is 3. The Labute approximate surface area is 82.7 Å². The summed E-state index contributed by atoms with van der Waals surface area (Å²) < 4.78 is 0. The van der Waals surface area contributed by atoms with E-state index in [4.69, 9.17) is 15.3 Å². The maximum Gasteiger partial charge on any atom is 0.328 e. The number of carboxylic acid groups (broad SMARTS) is 2. The standard InChI is InChI=1S/C5H12O.C4H4O4/c1-4(2)5(3)6;5-3(6)1-2-4(7)8/h4-6H,1-3H3;1-2H,(H,5,6)(H,7,8)/b;2-1-. The van der Waals surface area contributed by atoms with E-state index >= 15 is 0 Å². The molecule has 0 rings (SSSR count). The zero-order valence-corrected chi connectivity index (χ0v) is 8.47. The van der Waals surface area contributed by atoms with E-state index in [2.05, 4.69) is 0 Å². The molecule has 1 unspecified atom stereocenters. The van der Waals surface area contributed by atoms with Crippen LogP contribution in [0.25, 0.3) is 0 Å². The number of rotatable bonds is 3. The number of aliphatic carboxylic acids is 2. The average Bonchev–Trinajstić information content (AvgIpc) is 2.01. The molecule has 0 amide bonds. The Bertz CT molecular complexity index is 183. The molecule has 0 saturated heterocycles. The smallest absolute Gasteiger partial charge is 0.328 e. The molecule has 0 aliphatic rings. The highest BCUT2D eigenvalue weighted by molar-refractivity contribution is 5.89. The van der Waals surface area contributed by atoms with Crippen LogP contribution in [0.2, 0.25) is 0 Å². The molecular formula is C9H16O5. The van der Waals surface area contributed by atoms with Crippen molar-refractivity contribution in [1.82, 2.24) is 0 Å². The van der Waals surface area contributed by atoms with Crippen molar-refractivity contribution in [2.75, 3.05) is 0 Å². The molecule has 3 N–H and O–H groups in total. The van der Waals surface area contributed by atoms with Crippen LogP contribution in [0.1, 0.15) is 20.8 Å². The summed E-state index contributed by atoms with van der Waals surface area (Å²) in [5.74, 6) is -2.11. The summed E-state index contributed by atoms with van der Waals surface area (Å²) in [6.45, 7) is 5.78. The van der Waals surface area contributed by atoms with Gasteiger partial charge in [0.2, 0.25) is 0 Å². The quantitative estimate of drug-likeness (QED) is 0.589. The minimum Gasteiger partial charge on any atom is -0.478 e. The maximum absolute atomic E-state index is 9.55. The number of aliphatic hydroxyl groups excluding tert-OH is 1. The number of carbonyl (C=O) groups is 2. The second-order valence-corrected chi connectivity index (χ2v) is 2.99. The normalized spacial score (nSPS) is 12.1. The van der Waals surface area contributed by atoms with Gasteiger partial charge in [-0.15, -0.1) is 0 Å². The van der Waals surface area contributed by atoms with Crippen molar-refractivity contribution in [3.8, 4) is 0 Å². The Morgan fingerprint density at radius 2 is 1.21 bits per heavy atom. The first kappa shape index (κ1) is 15.1. The summed E-state index contributed by atoms with van der Waals surface area (Å²) in [4.78, 5) is 19.1. The van der Waals surface area contributed by atoms with E-state index < -0.39 is 11.9 Å². The Kier molecular flexibility index (Phi) is 8.91. The van der Waals surface area contributed by atoms with Crippen molar-refractivity contribution in [3.63, 3.8) is 0 Å². The van der Waals surface area contributed by atoms with E-state index in [1.807, 2.05) is 13.8 Å². The Balaban J connectivity index is 0. The van der Waals surface area contributed by atoms with Gasteiger partial charge in [-0.3, -0.25) is 0 Å². The third-order valence-corrected chi connectivity index (χ3v) is 1.33. The molecule has 14 heavy (non-hydrogen) atoms. The molecule has 0 spiro atoms. The molecule has 0 aliphatic heterocycles. The first-order chi connectivity index (χ1) is 6.27. The van der Waals surface area contributed by atoms with Gasteiger partial charge in [0.25, 0.3) is 0 Å². The minimum atomic E-state index is -1.26. The van der Waals surface area contributed by atoms with Gasteiger partial charge in [-0.25, -0.2) is 9.59 Å². The molecule has 0 bridgehead atoms. The van der Waals surface area contributed by atoms with Gasteiger partial charge in [0.05, 0.1) is 6.10 Å². The van der Waals surface area contributed by atoms with E-state index in [9.17, 15) is 9.59 Å². The van der Waals surface area contributed by atoms with Crippen LogP contribution in [0, 0.1) is 5.92 Å². The average molecular weight is 204 g/mol. The maximum atomic E-state index is 9.55. The monoisotopic (exact) mass is 204 g/mol. The molecule has 5 nitrogen and oxygen atoms in total. The topological polar surface area (TPSA) is 94.8 Å². The zero-order chi connectivity index (χ0) is 11.7. The second kappa shape index (κ2) is 8.25. The van der Waals surface area contributed by atoms with Crippen LogP contribution < -0.4 is 0 Å². The lowest BCUT2D eigenvalue weighted by atomic mass is 10.1. The first-order valence-corrected chi connectivity index (χ1v) is 4.09. The van der Waals surface area contributed by atoms with Crippen molar-refractivity contribution >= 4 is 11.9 Å². The fourth-order valence-corrected chi connectivity index (χ4v) is 0.143. The lowest BCUT2D eigenvalue weighted by molar-refractivity contribution is -0.134. The van der Waals surface area contributed by atoms with Crippen molar-refractivity contribution in [2.45, 2.75) is 26.9 Å². The molecule has 82 valence electrons. The molecule has 5 heteroatoms. The van der Waals surface area contributed by atoms with Crippen LogP contribution in [0.3, 0.4) is 0 Å². The van der Waals surface area contributed by atoms with E-state index in [0.29, 0.717) is 18.1 Å². The predicted molar refractivity (Wildman–Crippen MR) is 50.9 cm³/mol. The number of carboxylic acids is 2. The van der Waals surface area contributed by atoms with Crippen molar-refractivity contribution in [2.24, 2.45) is 5.92 Å². The molecule has 0 aromatic heterocycles. The third kappa shape index (κ3) is 16.9. The van der Waals surface area contributed by atoms with Crippen molar-refractivity contribution < 1.29 is 24.9 Å². The highest BCUT2D eigenvalue weighted by Crippen LogP contribution is 1.96. The summed E-state index contributed by atoms with van der Waals surface area (Å²) in [7, 11) is 0. The van der Waals surface area contributed by atoms with Crippen LogP contribution in [-0.2, 0) is 9.59 Å². The third-order valence-electron chi connectivity index (χ3n) is 1.33. The van der Waals surface area contributed by atoms with Crippen molar-refractivity contribution in [1.29, 1.82) is 0 Å². The van der Waals surface area contributed by atoms with Crippen LogP contribution in [0.15, 0.2) is 12.2 Å². The van der Waals surface area contributed by atoms with E-state index in [0.717, 1.165) is 0 Å². The summed E-state index contributed by atoms with van der Waals surface area (Å²) >= 11 is 0. The molecular weight excluding hydrogens is 188 g/mol. The van der Waals surface area contributed by atoms with Gasteiger partial charge in [-0.05, 0) is 12.8 Å². The second-order valence-electron chi connectivity index (χ2n) is 2.99. The van der Waals surface area contributed by atoms with Gasteiger partial charge in [-0.1, -0.05) is 13.8 Å². The lowest BCUT2D eigenvalue weighted by Crippen LogP contribution is -2.07. The van der Waals surface area contributed by atoms with E-state index in [-0.39, 0.29) is 6.10 Å². The van der Waals surface area contributed by atoms with E-state index in [1.165, 1.54) is 0 Å². The highest BCUT2D eigenvalue weighted by atomic mass is 16.4. The highest BCUT2D eigenvalue weighted by Gasteiger charge is 1.97. The molecule has 0 saturated carbocycles. The van der Waals surface area contributed by atoms with Crippen LogP contribution in [0.4, 0.5) is 0 Å². The SMILES string of the molecule is CC(C)C(C)O.O=C(O)/C=C\C(=O)O. The van der Waals surface area contributed by atoms with Crippen molar-refractivity contribution in [3.05, 3.63) is 12.2 Å². The Morgan fingerprint density at radius 1 is 1.00 bits per heavy atom. The number of hydrogen-bond donors (Lipinski definition) is 3. The van der Waals surface area contributed by atoms with Crippen LogP contribution in [0.5, 0.6) is 0 Å². The van der Waals surface area contributed by atoms with Gasteiger partial charge in [-0.2, -0.15) is 0 Å². The molecule has 1 atom stereocenters. The van der Waals surface area contributed by atoms with Crippen LogP contribution in [-0.4, -0.2) is 33.4 Å². The van der Waals surface area contributed by atoms with Gasteiger partial charge < -0.3 is 15.3 Å². The minimum absolute atomic E-state index is 0.148. The fourth-order valence-electron chi connectivity index (χ4n) is 0.143. The molecule has 0 aliphatic carbocycles. The van der Waals surface area contributed by atoms with E-state index in [1.54, 1.807) is 6.92 Å². The first-order valence-electron chi connectivity index (χ1n) is 4.09. The lowest BCUT2D eigenvalue weighted by Gasteiger charge is -2.04. The number of aliphatic hydroxyl groups is 1. The predicted octanol–water partition coefficient (Wildman–Crippen LogP) is 0.735. The van der Waals surface area contributed by atoms with Gasteiger partial charge in [0.15, 0.2) is 0 Å². The zero-order valence-electron chi connectivity index (χ0n) is 8.47. The van der Waals surface area contributed by atoms with Gasteiger partial charge >= 0.3 is 11.9 Å². The van der Waals surface area contributed by atoms with Crippen LogP contribution >= 0.6 is 0 Å². The molecule has 0 radical (unpaired) electrons. The fraction of sp³-hybridized carbons (Fsp3) is 0.556. The Hall–Kier alpha value is -1.36. The summed E-state index contributed by atoms with van der Waals surface area (Å²) in [5.41, 5.74) is 0. The molecule has 0 aromatic rings. The molecule has 0 heterocycles. The summed E-state index contributed by atoms with van der Waals surface area (Å²) in [6, 6.07) is 0. The molecule has 0 aromatic carbocycles. The Morgan fingerprint density at radius 3 is 1.29 bits per heavy atom. The summed E-state index contributed by atoms with van der Waals surface area (Å²) in [6.07, 6.45) is 0.968. The molecule has 0 fully saturated rings. The summed E-state index contributed by atoms with van der Waals surface area (Å²) in [5, 5.41) is 24.3. The van der Waals surface area contributed by atoms with Gasteiger partial charge in [0, 0.05) is 12.2 Å². The largest absolute Gasteiger partial charge is 0.478 e. The van der Waals surface area contributed by atoms with Gasteiger partial charge in [0.1, 0.15) is 0 Å².